The molecular formula is C11H16N2O3S3. The van der Waals surface area contributed by atoms with E-state index < -0.39 is 20.8 Å². The minimum Gasteiger partial charge on any atom is -0.389 e. The highest BCUT2D eigenvalue weighted by molar-refractivity contribution is 7.89. The Bertz CT molecular complexity index is 612. The predicted octanol–water partition coefficient (Wildman–Crippen LogP) is 0.286. The Balaban J connectivity index is 3.03. The van der Waals surface area contributed by atoms with Gasteiger partial charge in [-0.15, -0.1) is 0 Å². The summed E-state index contributed by atoms with van der Waals surface area (Å²) in [4.78, 5) is 0.283. The standard InChI is InChI=1S/C11H16N2O3S3/c1-8-3-4-9(11(12)17)7-10(8)19(15,16)13-5-6-18(2)14/h3-4,7,13H,5-6H2,1-2H3,(H2,12,17). The molecule has 106 valence electrons. The van der Waals surface area contributed by atoms with Crippen LogP contribution >= 0.6 is 12.2 Å². The SMILES string of the molecule is Cc1ccc(C(N)=S)cc1S(=O)(=O)NCCS(C)=O. The number of sulfonamides is 1. The van der Waals surface area contributed by atoms with Crippen LogP contribution in [-0.4, -0.2) is 36.2 Å². The average Bonchev–Trinajstić information content (AvgIpc) is 2.28. The normalized spacial score (nSPS) is 13.2. The largest absolute Gasteiger partial charge is 0.389 e. The van der Waals surface area contributed by atoms with Crippen LogP contribution in [0.25, 0.3) is 0 Å². The quantitative estimate of drug-likeness (QED) is 0.735. The third-order valence-corrected chi connectivity index (χ3v) is 5.06. The van der Waals surface area contributed by atoms with Gasteiger partial charge in [-0.05, 0) is 18.6 Å². The molecule has 0 bridgehead atoms. The van der Waals surface area contributed by atoms with E-state index in [4.69, 9.17) is 18.0 Å². The lowest BCUT2D eigenvalue weighted by Crippen LogP contribution is -2.28. The Hall–Kier alpha value is -0.830. The Morgan fingerprint density at radius 1 is 1.47 bits per heavy atom. The second kappa shape index (κ2) is 6.56. The molecule has 0 saturated carbocycles. The van der Waals surface area contributed by atoms with Gasteiger partial charge in [-0.2, -0.15) is 0 Å². The van der Waals surface area contributed by atoms with Gasteiger partial charge < -0.3 is 5.73 Å². The summed E-state index contributed by atoms with van der Waals surface area (Å²) in [5, 5.41) is 0. The molecule has 0 aliphatic carbocycles. The summed E-state index contributed by atoms with van der Waals surface area (Å²) in [5.74, 6) is 0.271. The zero-order chi connectivity index (χ0) is 14.6. The Morgan fingerprint density at radius 3 is 2.63 bits per heavy atom. The molecule has 3 N–H and O–H groups in total. The van der Waals surface area contributed by atoms with E-state index in [0.717, 1.165) is 0 Å². The molecule has 0 aliphatic heterocycles. The second-order valence-corrected chi connectivity index (χ2v) is 7.75. The first-order valence-corrected chi connectivity index (χ1v) is 9.06. The molecular weight excluding hydrogens is 304 g/mol. The van der Waals surface area contributed by atoms with Crippen molar-refractivity contribution < 1.29 is 12.6 Å². The molecule has 0 aromatic heterocycles. The van der Waals surface area contributed by atoms with Crippen LogP contribution in [0, 0.1) is 6.92 Å². The zero-order valence-corrected chi connectivity index (χ0v) is 13.1. The van der Waals surface area contributed by atoms with Gasteiger partial charge in [0.1, 0.15) is 4.99 Å². The minimum absolute atomic E-state index is 0.127. The van der Waals surface area contributed by atoms with E-state index in [1.165, 1.54) is 12.3 Å². The van der Waals surface area contributed by atoms with Gasteiger partial charge >= 0.3 is 0 Å². The monoisotopic (exact) mass is 320 g/mol. The molecule has 8 heteroatoms. The van der Waals surface area contributed by atoms with E-state index in [9.17, 15) is 12.6 Å². The fraction of sp³-hybridized carbons (Fsp3) is 0.364. The Labute approximate surface area is 121 Å². The molecule has 0 spiro atoms. The lowest BCUT2D eigenvalue weighted by atomic mass is 10.1. The minimum atomic E-state index is -3.64. The van der Waals surface area contributed by atoms with Crippen molar-refractivity contribution in [1.29, 1.82) is 0 Å². The summed E-state index contributed by atoms with van der Waals surface area (Å²) >= 11 is 4.83. The molecule has 0 amide bonds. The molecule has 1 aromatic carbocycles. The smallest absolute Gasteiger partial charge is 0.240 e. The van der Waals surface area contributed by atoms with Gasteiger partial charge in [0.25, 0.3) is 0 Å². The van der Waals surface area contributed by atoms with E-state index in [2.05, 4.69) is 4.72 Å². The molecule has 0 radical (unpaired) electrons. The van der Waals surface area contributed by atoms with E-state index in [0.29, 0.717) is 11.1 Å². The molecule has 0 saturated heterocycles. The molecule has 5 nitrogen and oxygen atoms in total. The first-order valence-electron chi connectivity index (χ1n) is 5.44. The average molecular weight is 320 g/mol. The fourth-order valence-electron chi connectivity index (χ4n) is 1.44. The summed E-state index contributed by atoms with van der Waals surface area (Å²) in [6.07, 6.45) is 1.52. The van der Waals surface area contributed by atoms with E-state index in [-0.39, 0.29) is 22.2 Å². The molecule has 1 unspecified atom stereocenters. The van der Waals surface area contributed by atoms with Crippen LogP contribution in [0.15, 0.2) is 23.1 Å². The van der Waals surface area contributed by atoms with E-state index >= 15 is 0 Å². The highest BCUT2D eigenvalue weighted by atomic mass is 32.2. The van der Waals surface area contributed by atoms with E-state index in [1.54, 1.807) is 19.1 Å². The summed E-state index contributed by atoms with van der Waals surface area (Å²) < 4.78 is 37.6. The van der Waals surface area contributed by atoms with Crippen LogP contribution in [0.4, 0.5) is 0 Å². The summed E-state index contributed by atoms with van der Waals surface area (Å²) in [6.45, 7) is 1.82. The number of aryl methyl sites for hydroxylation is 1. The van der Waals surface area contributed by atoms with Crippen LogP contribution in [0.2, 0.25) is 0 Å². The van der Waals surface area contributed by atoms with E-state index in [1.807, 2.05) is 0 Å². The zero-order valence-electron chi connectivity index (χ0n) is 10.7. The second-order valence-electron chi connectivity index (χ2n) is 4.02. The maximum absolute atomic E-state index is 12.1. The number of rotatable bonds is 6. The predicted molar refractivity (Wildman–Crippen MR) is 81.2 cm³/mol. The third kappa shape index (κ3) is 4.64. The van der Waals surface area contributed by atoms with Gasteiger partial charge in [-0.1, -0.05) is 24.4 Å². The molecule has 0 heterocycles. The molecule has 1 rings (SSSR count). The fourth-order valence-corrected chi connectivity index (χ4v) is 3.39. The van der Waals surface area contributed by atoms with Crippen molar-refractivity contribution >= 4 is 38.0 Å². The number of thiocarbonyl (C=S) groups is 1. The van der Waals surface area contributed by atoms with Crippen molar-refractivity contribution in [3.8, 4) is 0 Å². The van der Waals surface area contributed by atoms with Gasteiger partial charge in [-0.25, -0.2) is 13.1 Å². The summed E-state index contributed by atoms with van der Waals surface area (Å²) in [6, 6.07) is 4.78. The topological polar surface area (TPSA) is 89.3 Å². The van der Waals surface area contributed by atoms with Crippen molar-refractivity contribution in [2.24, 2.45) is 5.73 Å². The number of benzene rings is 1. The molecule has 19 heavy (non-hydrogen) atoms. The summed E-state index contributed by atoms with van der Waals surface area (Å²) in [7, 11) is -4.68. The third-order valence-electron chi connectivity index (χ3n) is 2.44. The number of hydrogen-bond acceptors (Lipinski definition) is 4. The number of nitrogens with two attached hydrogens (primary N) is 1. The highest BCUT2D eigenvalue weighted by Crippen LogP contribution is 2.16. The van der Waals surface area contributed by atoms with Crippen molar-refractivity contribution in [3.05, 3.63) is 29.3 Å². The van der Waals surface area contributed by atoms with Crippen LogP contribution in [0.1, 0.15) is 11.1 Å². The first kappa shape index (κ1) is 16.2. The van der Waals surface area contributed by atoms with Crippen molar-refractivity contribution in [2.45, 2.75) is 11.8 Å². The number of hydrogen-bond donors (Lipinski definition) is 2. The highest BCUT2D eigenvalue weighted by Gasteiger charge is 2.17. The van der Waals surface area contributed by atoms with Gasteiger partial charge in [0.15, 0.2) is 0 Å². The van der Waals surface area contributed by atoms with Crippen molar-refractivity contribution in [3.63, 3.8) is 0 Å². The molecule has 1 aromatic rings. The van der Waals surface area contributed by atoms with Crippen LogP contribution in [-0.2, 0) is 20.8 Å². The lowest BCUT2D eigenvalue weighted by molar-refractivity contribution is 0.583. The van der Waals surface area contributed by atoms with Crippen molar-refractivity contribution in [2.75, 3.05) is 18.6 Å². The van der Waals surface area contributed by atoms with Gasteiger partial charge in [-0.3, -0.25) is 4.21 Å². The van der Waals surface area contributed by atoms with Crippen LogP contribution in [0.5, 0.6) is 0 Å². The number of nitrogens with one attached hydrogen (secondary N) is 1. The van der Waals surface area contributed by atoms with Gasteiger partial charge in [0.05, 0.1) is 4.90 Å². The first-order chi connectivity index (χ1) is 8.74. The van der Waals surface area contributed by atoms with Crippen LogP contribution < -0.4 is 10.5 Å². The van der Waals surface area contributed by atoms with Gasteiger partial charge in [0.2, 0.25) is 10.0 Å². The van der Waals surface area contributed by atoms with Gasteiger partial charge in [0, 0.05) is 34.9 Å². The maximum Gasteiger partial charge on any atom is 0.240 e. The van der Waals surface area contributed by atoms with Crippen LogP contribution in [0.3, 0.4) is 0 Å². The molecule has 0 aliphatic rings. The maximum atomic E-state index is 12.1. The van der Waals surface area contributed by atoms with Crippen molar-refractivity contribution in [1.82, 2.24) is 4.72 Å². The molecule has 1 atom stereocenters. The lowest BCUT2D eigenvalue weighted by Gasteiger charge is -2.10. The summed E-state index contributed by atoms with van der Waals surface area (Å²) in [5.41, 5.74) is 6.59. The Kier molecular flexibility index (Phi) is 5.60. The Morgan fingerprint density at radius 2 is 2.11 bits per heavy atom. The molecule has 0 fully saturated rings.